The standard InChI is InChI=1S/C12H16O3/c1-14-9-4-2-5-10(8-9)15-12-7-3-6-11(12)13/h2,4-5,8,11-13H,3,6-7H2,1H3. The van der Waals surface area contributed by atoms with Gasteiger partial charge in [0.05, 0.1) is 13.2 Å². The van der Waals surface area contributed by atoms with E-state index in [1.165, 1.54) is 0 Å². The molecule has 15 heavy (non-hydrogen) atoms. The van der Waals surface area contributed by atoms with Gasteiger partial charge in [0, 0.05) is 6.07 Å². The van der Waals surface area contributed by atoms with Crippen molar-refractivity contribution in [3.8, 4) is 11.5 Å². The van der Waals surface area contributed by atoms with Gasteiger partial charge in [-0.2, -0.15) is 0 Å². The van der Waals surface area contributed by atoms with Crippen molar-refractivity contribution in [3.63, 3.8) is 0 Å². The molecule has 2 atom stereocenters. The molecule has 0 radical (unpaired) electrons. The Morgan fingerprint density at radius 2 is 2.07 bits per heavy atom. The van der Waals surface area contributed by atoms with E-state index in [1.807, 2.05) is 24.3 Å². The smallest absolute Gasteiger partial charge is 0.124 e. The second-order valence-electron chi connectivity index (χ2n) is 3.83. The summed E-state index contributed by atoms with van der Waals surface area (Å²) in [6.45, 7) is 0. The Hall–Kier alpha value is -1.22. The van der Waals surface area contributed by atoms with Gasteiger partial charge >= 0.3 is 0 Å². The normalized spacial score (nSPS) is 25.2. The van der Waals surface area contributed by atoms with Crippen molar-refractivity contribution in [2.45, 2.75) is 31.5 Å². The number of hydrogen-bond donors (Lipinski definition) is 1. The number of aliphatic hydroxyl groups is 1. The highest BCUT2D eigenvalue weighted by Crippen LogP contribution is 2.26. The molecule has 0 aliphatic heterocycles. The van der Waals surface area contributed by atoms with E-state index in [1.54, 1.807) is 7.11 Å². The zero-order valence-electron chi connectivity index (χ0n) is 8.85. The quantitative estimate of drug-likeness (QED) is 0.825. The van der Waals surface area contributed by atoms with Crippen molar-refractivity contribution in [2.75, 3.05) is 7.11 Å². The molecule has 1 aliphatic rings. The minimum Gasteiger partial charge on any atom is -0.497 e. The Morgan fingerprint density at radius 3 is 2.73 bits per heavy atom. The summed E-state index contributed by atoms with van der Waals surface area (Å²) in [7, 11) is 1.63. The molecular formula is C12H16O3. The Kier molecular flexibility index (Phi) is 3.11. The molecule has 0 spiro atoms. The van der Waals surface area contributed by atoms with Crippen molar-refractivity contribution in [3.05, 3.63) is 24.3 Å². The third-order valence-corrected chi connectivity index (χ3v) is 2.75. The van der Waals surface area contributed by atoms with Gasteiger partial charge in [0.15, 0.2) is 0 Å². The number of methoxy groups -OCH3 is 1. The van der Waals surface area contributed by atoms with E-state index in [9.17, 15) is 5.11 Å². The summed E-state index contributed by atoms with van der Waals surface area (Å²) in [5, 5.41) is 9.62. The lowest BCUT2D eigenvalue weighted by atomic mass is 10.2. The van der Waals surface area contributed by atoms with Gasteiger partial charge < -0.3 is 14.6 Å². The molecule has 1 saturated carbocycles. The molecule has 0 aromatic heterocycles. The maximum absolute atomic E-state index is 9.62. The first-order chi connectivity index (χ1) is 7.29. The highest BCUT2D eigenvalue weighted by Gasteiger charge is 2.26. The maximum Gasteiger partial charge on any atom is 0.124 e. The van der Waals surface area contributed by atoms with E-state index in [0.717, 1.165) is 30.8 Å². The monoisotopic (exact) mass is 208 g/mol. The van der Waals surface area contributed by atoms with Crippen LogP contribution < -0.4 is 9.47 Å². The number of ether oxygens (including phenoxy) is 2. The minimum atomic E-state index is -0.323. The molecule has 1 fully saturated rings. The summed E-state index contributed by atoms with van der Waals surface area (Å²) < 4.78 is 10.8. The summed E-state index contributed by atoms with van der Waals surface area (Å²) in [5.41, 5.74) is 0. The summed E-state index contributed by atoms with van der Waals surface area (Å²) in [5.74, 6) is 1.54. The highest BCUT2D eigenvalue weighted by molar-refractivity contribution is 5.33. The van der Waals surface area contributed by atoms with E-state index < -0.39 is 0 Å². The van der Waals surface area contributed by atoms with E-state index >= 15 is 0 Å². The van der Waals surface area contributed by atoms with Gasteiger partial charge in [0.1, 0.15) is 17.6 Å². The van der Waals surface area contributed by atoms with Crippen LogP contribution >= 0.6 is 0 Å². The summed E-state index contributed by atoms with van der Waals surface area (Å²) in [4.78, 5) is 0. The van der Waals surface area contributed by atoms with E-state index in [4.69, 9.17) is 9.47 Å². The Morgan fingerprint density at radius 1 is 1.27 bits per heavy atom. The van der Waals surface area contributed by atoms with Crippen LogP contribution in [0.1, 0.15) is 19.3 Å². The average molecular weight is 208 g/mol. The molecule has 0 amide bonds. The molecule has 1 aromatic carbocycles. The zero-order valence-corrected chi connectivity index (χ0v) is 8.85. The van der Waals surface area contributed by atoms with Crippen LogP contribution in [0.2, 0.25) is 0 Å². The van der Waals surface area contributed by atoms with Crippen LogP contribution in [0.3, 0.4) is 0 Å². The van der Waals surface area contributed by atoms with E-state index in [2.05, 4.69) is 0 Å². The summed E-state index contributed by atoms with van der Waals surface area (Å²) >= 11 is 0. The van der Waals surface area contributed by atoms with Crippen LogP contribution in [-0.2, 0) is 0 Å². The molecule has 1 aromatic rings. The first-order valence-corrected chi connectivity index (χ1v) is 5.28. The molecule has 0 bridgehead atoms. The fourth-order valence-electron chi connectivity index (χ4n) is 1.89. The largest absolute Gasteiger partial charge is 0.497 e. The summed E-state index contributed by atoms with van der Waals surface area (Å²) in [6.07, 6.45) is 2.43. The molecular weight excluding hydrogens is 192 g/mol. The van der Waals surface area contributed by atoms with Gasteiger partial charge in [-0.25, -0.2) is 0 Å². The van der Waals surface area contributed by atoms with Gasteiger partial charge in [0.2, 0.25) is 0 Å². The van der Waals surface area contributed by atoms with E-state index in [0.29, 0.717) is 0 Å². The fraction of sp³-hybridized carbons (Fsp3) is 0.500. The second kappa shape index (κ2) is 4.53. The predicted molar refractivity (Wildman–Crippen MR) is 57.3 cm³/mol. The van der Waals surface area contributed by atoms with Crippen LogP contribution in [0.4, 0.5) is 0 Å². The lowest BCUT2D eigenvalue weighted by Crippen LogP contribution is -2.25. The van der Waals surface area contributed by atoms with Gasteiger partial charge in [-0.3, -0.25) is 0 Å². The molecule has 1 N–H and O–H groups in total. The van der Waals surface area contributed by atoms with Crippen LogP contribution in [0, 0.1) is 0 Å². The van der Waals surface area contributed by atoms with Crippen LogP contribution in [0.25, 0.3) is 0 Å². The van der Waals surface area contributed by atoms with Crippen molar-refractivity contribution in [2.24, 2.45) is 0 Å². The third kappa shape index (κ3) is 2.42. The first kappa shape index (κ1) is 10.3. The first-order valence-electron chi connectivity index (χ1n) is 5.28. The maximum atomic E-state index is 9.62. The lowest BCUT2D eigenvalue weighted by Gasteiger charge is -2.17. The number of aliphatic hydroxyl groups excluding tert-OH is 1. The van der Waals surface area contributed by atoms with Crippen LogP contribution in [-0.4, -0.2) is 24.4 Å². The molecule has 1 aliphatic carbocycles. The fourth-order valence-corrected chi connectivity index (χ4v) is 1.89. The number of benzene rings is 1. The van der Waals surface area contributed by atoms with E-state index in [-0.39, 0.29) is 12.2 Å². The zero-order chi connectivity index (χ0) is 10.7. The third-order valence-electron chi connectivity index (χ3n) is 2.75. The van der Waals surface area contributed by atoms with Gasteiger partial charge in [-0.05, 0) is 31.4 Å². The number of hydrogen-bond acceptors (Lipinski definition) is 3. The molecule has 0 heterocycles. The van der Waals surface area contributed by atoms with Crippen molar-refractivity contribution < 1.29 is 14.6 Å². The number of rotatable bonds is 3. The van der Waals surface area contributed by atoms with Gasteiger partial charge in [-0.1, -0.05) is 6.07 Å². The SMILES string of the molecule is COc1cccc(OC2CCCC2O)c1. The molecule has 3 nitrogen and oxygen atoms in total. The van der Waals surface area contributed by atoms with Crippen LogP contribution in [0.15, 0.2) is 24.3 Å². The topological polar surface area (TPSA) is 38.7 Å². The Balaban J connectivity index is 2.03. The Bertz CT molecular complexity index is 324. The molecule has 3 heteroatoms. The minimum absolute atomic E-state index is 0.0582. The molecule has 2 rings (SSSR count). The predicted octanol–water partition coefficient (Wildman–Crippen LogP) is 1.99. The summed E-state index contributed by atoms with van der Waals surface area (Å²) in [6, 6.07) is 7.48. The van der Waals surface area contributed by atoms with Crippen LogP contribution in [0.5, 0.6) is 11.5 Å². The van der Waals surface area contributed by atoms with Crippen molar-refractivity contribution >= 4 is 0 Å². The molecule has 82 valence electrons. The van der Waals surface area contributed by atoms with Crippen molar-refractivity contribution in [1.29, 1.82) is 0 Å². The molecule has 0 saturated heterocycles. The molecule has 2 unspecified atom stereocenters. The van der Waals surface area contributed by atoms with Gasteiger partial charge in [-0.15, -0.1) is 0 Å². The highest BCUT2D eigenvalue weighted by atomic mass is 16.5. The second-order valence-corrected chi connectivity index (χ2v) is 3.83. The van der Waals surface area contributed by atoms with Gasteiger partial charge in [0.25, 0.3) is 0 Å². The van der Waals surface area contributed by atoms with Crippen molar-refractivity contribution in [1.82, 2.24) is 0 Å². The average Bonchev–Trinajstić information content (AvgIpc) is 2.65. The lowest BCUT2D eigenvalue weighted by molar-refractivity contribution is 0.0602. The Labute approximate surface area is 89.6 Å².